The van der Waals surface area contributed by atoms with E-state index in [1.807, 2.05) is 0 Å². The zero-order chi connectivity index (χ0) is 18.0. The van der Waals surface area contributed by atoms with Gasteiger partial charge in [0.15, 0.2) is 0 Å². The molecule has 132 valence electrons. The molecule has 1 aliphatic heterocycles. The fourth-order valence-corrected chi connectivity index (χ4v) is 2.98. The summed E-state index contributed by atoms with van der Waals surface area (Å²) in [5.41, 5.74) is 1.50. The number of rotatable bonds is 3. The molecule has 0 radical (unpaired) electrons. The molecule has 3 rings (SSSR count). The maximum Gasteiger partial charge on any atom is 0.254 e. The normalized spacial score (nSPS) is 17.6. The van der Waals surface area contributed by atoms with Crippen molar-refractivity contribution in [1.82, 2.24) is 14.9 Å². The molecule has 0 aliphatic carbocycles. The smallest absolute Gasteiger partial charge is 0.254 e. The fourth-order valence-electron chi connectivity index (χ4n) is 2.98. The molecule has 1 aliphatic rings. The molecule has 1 aromatic carbocycles. The van der Waals surface area contributed by atoms with Crippen molar-refractivity contribution in [2.75, 3.05) is 19.7 Å². The van der Waals surface area contributed by atoms with Crippen LogP contribution in [0.5, 0.6) is 0 Å². The van der Waals surface area contributed by atoms with Crippen LogP contribution in [-0.2, 0) is 16.0 Å². The third kappa shape index (κ3) is 3.93. The van der Waals surface area contributed by atoms with Crippen LogP contribution in [0.25, 0.3) is 0 Å². The summed E-state index contributed by atoms with van der Waals surface area (Å²) in [5.74, 6) is 0.0742. The minimum absolute atomic E-state index is 0.00455. The Morgan fingerprint density at radius 2 is 2.08 bits per heavy atom. The number of hydrogen-bond acceptors (Lipinski definition) is 4. The van der Waals surface area contributed by atoms with Crippen LogP contribution >= 0.6 is 0 Å². The highest BCUT2D eigenvalue weighted by Gasteiger charge is 2.26. The molecular formula is C18H20FN3O3. The molecule has 6 nitrogen and oxygen atoms in total. The quantitative estimate of drug-likeness (QED) is 0.918. The van der Waals surface area contributed by atoms with E-state index in [9.17, 15) is 14.0 Å². The first-order chi connectivity index (χ1) is 11.9. The van der Waals surface area contributed by atoms with Crippen LogP contribution in [0.1, 0.15) is 28.7 Å². The van der Waals surface area contributed by atoms with E-state index in [1.165, 1.54) is 12.1 Å². The zero-order valence-corrected chi connectivity index (χ0v) is 14.2. The van der Waals surface area contributed by atoms with Gasteiger partial charge in [0.25, 0.3) is 5.56 Å². The van der Waals surface area contributed by atoms with E-state index in [4.69, 9.17) is 4.74 Å². The van der Waals surface area contributed by atoms with Crippen molar-refractivity contribution < 1.29 is 13.9 Å². The number of aromatic amines is 1. The predicted molar refractivity (Wildman–Crippen MR) is 89.7 cm³/mol. The highest BCUT2D eigenvalue weighted by atomic mass is 19.1. The second-order valence-electron chi connectivity index (χ2n) is 6.14. The van der Waals surface area contributed by atoms with Gasteiger partial charge in [0, 0.05) is 17.8 Å². The minimum Gasteiger partial charge on any atom is -0.370 e. The summed E-state index contributed by atoms with van der Waals surface area (Å²) < 4.78 is 18.8. The molecule has 1 N–H and O–H groups in total. The number of aryl methyl sites for hydroxylation is 2. The Morgan fingerprint density at radius 3 is 2.76 bits per heavy atom. The number of hydrogen-bond donors (Lipinski definition) is 1. The average Bonchev–Trinajstić information content (AvgIpc) is 2.58. The number of amides is 1. The third-order valence-electron chi connectivity index (χ3n) is 4.33. The Labute approximate surface area is 144 Å². The number of carbonyl (C=O) groups excluding carboxylic acids is 1. The minimum atomic E-state index is -0.311. The average molecular weight is 345 g/mol. The van der Waals surface area contributed by atoms with Crippen LogP contribution in [0.3, 0.4) is 0 Å². The molecule has 1 atom stereocenters. The molecule has 1 fully saturated rings. The van der Waals surface area contributed by atoms with E-state index < -0.39 is 0 Å². The second-order valence-corrected chi connectivity index (χ2v) is 6.14. The summed E-state index contributed by atoms with van der Waals surface area (Å²) in [6.45, 7) is 4.67. The summed E-state index contributed by atoms with van der Waals surface area (Å²) in [7, 11) is 0. The van der Waals surface area contributed by atoms with Gasteiger partial charge in [0.05, 0.1) is 19.6 Å². The number of carbonyl (C=O) groups is 1. The standard InChI is InChI=1S/C18H20FN3O3/c1-11-15(18(24)21-12(2)20-11)9-17(23)22-7-8-25-16(10-22)13-3-5-14(19)6-4-13/h3-6,16H,7-10H2,1-2H3,(H,20,21,24)/t16-/m0/s1. The Kier molecular flexibility index (Phi) is 4.94. The first-order valence-electron chi connectivity index (χ1n) is 8.15. The topological polar surface area (TPSA) is 75.3 Å². The lowest BCUT2D eigenvalue weighted by atomic mass is 10.1. The van der Waals surface area contributed by atoms with Crippen molar-refractivity contribution in [3.63, 3.8) is 0 Å². The van der Waals surface area contributed by atoms with Crippen molar-refractivity contribution in [2.24, 2.45) is 0 Å². The Morgan fingerprint density at radius 1 is 1.36 bits per heavy atom. The molecule has 1 amide bonds. The van der Waals surface area contributed by atoms with E-state index in [1.54, 1.807) is 30.9 Å². The van der Waals surface area contributed by atoms with E-state index in [-0.39, 0.29) is 29.8 Å². The molecule has 0 unspecified atom stereocenters. The van der Waals surface area contributed by atoms with Gasteiger partial charge in [-0.15, -0.1) is 0 Å². The highest BCUT2D eigenvalue weighted by molar-refractivity contribution is 5.79. The predicted octanol–water partition coefficient (Wildman–Crippen LogP) is 1.67. The lowest BCUT2D eigenvalue weighted by molar-refractivity contribution is -0.138. The monoisotopic (exact) mass is 345 g/mol. The van der Waals surface area contributed by atoms with E-state index in [2.05, 4.69) is 9.97 Å². The number of nitrogens with zero attached hydrogens (tertiary/aromatic N) is 2. The summed E-state index contributed by atoms with van der Waals surface area (Å²) in [6, 6.07) is 6.07. The van der Waals surface area contributed by atoms with Gasteiger partial charge in [-0.3, -0.25) is 9.59 Å². The SMILES string of the molecule is Cc1nc(C)c(CC(=O)N2CCO[C@H](c3ccc(F)cc3)C2)c(=O)[nH]1. The number of aromatic nitrogens is 2. The van der Waals surface area contributed by atoms with Gasteiger partial charge in [0.1, 0.15) is 17.7 Å². The van der Waals surface area contributed by atoms with Crippen LogP contribution < -0.4 is 5.56 Å². The van der Waals surface area contributed by atoms with E-state index in [0.717, 1.165) is 5.56 Å². The molecule has 0 spiro atoms. The van der Waals surface area contributed by atoms with Crippen LogP contribution in [0.2, 0.25) is 0 Å². The van der Waals surface area contributed by atoms with Crippen LogP contribution in [-0.4, -0.2) is 40.5 Å². The maximum absolute atomic E-state index is 13.1. The summed E-state index contributed by atoms with van der Waals surface area (Å²) in [5, 5.41) is 0. The van der Waals surface area contributed by atoms with Crippen LogP contribution in [0, 0.1) is 19.7 Å². The molecule has 2 heterocycles. The van der Waals surface area contributed by atoms with Crippen molar-refractivity contribution >= 4 is 5.91 Å². The van der Waals surface area contributed by atoms with Gasteiger partial charge in [-0.25, -0.2) is 9.37 Å². The third-order valence-corrected chi connectivity index (χ3v) is 4.33. The summed E-state index contributed by atoms with van der Waals surface area (Å²) in [4.78, 5) is 33.2. The lowest BCUT2D eigenvalue weighted by Gasteiger charge is -2.33. The fraction of sp³-hybridized carbons (Fsp3) is 0.389. The number of ether oxygens (including phenoxy) is 1. The van der Waals surface area contributed by atoms with E-state index >= 15 is 0 Å². The molecule has 1 aromatic heterocycles. The molecule has 0 saturated carbocycles. The van der Waals surface area contributed by atoms with Crippen molar-refractivity contribution in [2.45, 2.75) is 26.4 Å². The zero-order valence-electron chi connectivity index (χ0n) is 14.2. The van der Waals surface area contributed by atoms with Gasteiger partial charge in [-0.1, -0.05) is 12.1 Å². The van der Waals surface area contributed by atoms with Gasteiger partial charge in [-0.05, 0) is 31.5 Å². The number of benzene rings is 1. The van der Waals surface area contributed by atoms with Gasteiger partial charge < -0.3 is 14.6 Å². The molecule has 7 heteroatoms. The number of halogens is 1. The van der Waals surface area contributed by atoms with Gasteiger partial charge in [0.2, 0.25) is 5.91 Å². The lowest BCUT2D eigenvalue weighted by Crippen LogP contribution is -2.43. The van der Waals surface area contributed by atoms with Gasteiger partial charge >= 0.3 is 0 Å². The second kappa shape index (κ2) is 7.14. The first kappa shape index (κ1) is 17.3. The number of H-pyrrole nitrogens is 1. The first-order valence-corrected chi connectivity index (χ1v) is 8.15. The largest absolute Gasteiger partial charge is 0.370 e. The molecule has 2 aromatic rings. The number of nitrogens with one attached hydrogen (secondary N) is 1. The maximum atomic E-state index is 13.1. The van der Waals surface area contributed by atoms with Gasteiger partial charge in [-0.2, -0.15) is 0 Å². The molecule has 1 saturated heterocycles. The molecule has 0 bridgehead atoms. The van der Waals surface area contributed by atoms with Crippen LogP contribution in [0.4, 0.5) is 4.39 Å². The Bertz CT molecular complexity index is 832. The summed E-state index contributed by atoms with van der Waals surface area (Å²) in [6.07, 6.45) is -0.293. The highest BCUT2D eigenvalue weighted by Crippen LogP contribution is 2.23. The molecular weight excluding hydrogens is 325 g/mol. The van der Waals surface area contributed by atoms with Crippen LogP contribution in [0.15, 0.2) is 29.1 Å². The summed E-state index contributed by atoms with van der Waals surface area (Å²) >= 11 is 0. The Balaban J connectivity index is 1.72. The molecule has 25 heavy (non-hydrogen) atoms. The van der Waals surface area contributed by atoms with Crippen molar-refractivity contribution in [1.29, 1.82) is 0 Å². The Hall–Kier alpha value is -2.54. The van der Waals surface area contributed by atoms with E-state index in [0.29, 0.717) is 36.8 Å². The number of morpholine rings is 1. The van der Waals surface area contributed by atoms with Crippen molar-refractivity contribution in [3.05, 3.63) is 63.1 Å². The van der Waals surface area contributed by atoms with Crippen molar-refractivity contribution in [3.8, 4) is 0 Å².